The number of ether oxygens (including phenoxy) is 1. The lowest BCUT2D eigenvalue weighted by Gasteiger charge is -2.20. The van der Waals surface area contributed by atoms with E-state index in [1.807, 2.05) is 6.92 Å². The van der Waals surface area contributed by atoms with Crippen molar-refractivity contribution in [2.75, 3.05) is 0 Å². The lowest BCUT2D eigenvalue weighted by Crippen LogP contribution is -2.48. The number of rotatable bonds is 8. The van der Waals surface area contributed by atoms with Gasteiger partial charge in [-0.15, -0.1) is 0 Å². The normalized spacial score (nSPS) is 12.7. The molecule has 0 saturated carbocycles. The second-order valence-corrected chi connectivity index (χ2v) is 9.80. The average molecular weight is 510 g/mol. The third-order valence-corrected chi connectivity index (χ3v) is 6.12. The Hall–Kier alpha value is -2.56. The highest BCUT2D eigenvalue weighted by molar-refractivity contribution is 9.10. The maximum absolute atomic E-state index is 12.7. The van der Waals surface area contributed by atoms with Gasteiger partial charge in [0.05, 0.1) is 11.1 Å². The van der Waals surface area contributed by atoms with Crippen molar-refractivity contribution in [1.29, 1.82) is 0 Å². The van der Waals surface area contributed by atoms with Crippen molar-refractivity contribution >= 4 is 44.0 Å². The largest absolute Gasteiger partial charge is 0.426 e. The summed E-state index contributed by atoms with van der Waals surface area (Å²) in [4.78, 5) is 23.9. The van der Waals surface area contributed by atoms with Crippen LogP contribution in [0.25, 0.3) is 0 Å². The van der Waals surface area contributed by atoms with E-state index in [2.05, 4.69) is 31.2 Å². The molecule has 2 aromatic carbocycles. The molecule has 0 saturated heterocycles. The summed E-state index contributed by atoms with van der Waals surface area (Å²) in [5, 5.41) is 3.90. The quantitative estimate of drug-likeness (QED) is 0.245. The first kappa shape index (κ1) is 24.7. The monoisotopic (exact) mass is 509 g/mol. The number of nitrogens with one attached hydrogen (secondary N) is 2. The molecule has 10 heteroatoms. The topological polar surface area (TPSA) is 114 Å². The van der Waals surface area contributed by atoms with Crippen LogP contribution in [0.1, 0.15) is 31.9 Å². The molecule has 2 N–H and O–H groups in total. The van der Waals surface area contributed by atoms with Gasteiger partial charge in [0.25, 0.3) is 5.91 Å². The number of amides is 1. The van der Waals surface area contributed by atoms with Gasteiger partial charge in [0.15, 0.2) is 0 Å². The summed E-state index contributed by atoms with van der Waals surface area (Å²) in [6.07, 6.45) is 1.31. The molecule has 0 bridgehead atoms. The maximum atomic E-state index is 12.7. The lowest BCUT2D eigenvalue weighted by atomic mass is 10.1. The SMILES string of the molecule is CC(=O)Oc1ccc(Br)cc1/C=N\NC(=O)[C@H](NS(=O)(=O)c1ccc(C)cc1)C(C)C. The van der Waals surface area contributed by atoms with Gasteiger partial charge < -0.3 is 4.74 Å². The molecule has 31 heavy (non-hydrogen) atoms. The van der Waals surface area contributed by atoms with E-state index < -0.39 is 27.9 Å². The predicted molar refractivity (Wildman–Crippen MR) is 121 cm³/mol. The van der Waals surface area contributed by atoms with E-state index in [1.54, 1.807) is 44.2 Å². The van der Waals surface area contributed by atoms with Crippen LogP contribution in [0.2, 0.25) is 0 Å². The zero-order valence-corrected chi connectivity index (χ0v) is 20.0. The number of aryl methyl sites for hydroxylation is 1. The number of benzene rings is 2. The number of hydrogen-bond acceptors (Lipinski definition) is 6. The molecule has 0 unspecified atom stereocenters. The number of hydrogen-bond donors (Lipinski definition) is 2. The van der Waals surface area contributed by atoms with Crippen LogP contribution in [0.5, 0.6) is 5.75 Å². The number of halogens is 1. The summed E-state index contributed by atoms with van der Waals surface area (Å²) in [5.74, 6) is -1.18. The molecular formula is C21H24BrN3O5S. The second-order valence-electron chi connectivity index (χ2n) is 7.17. The highest BCUT2D eigenvalue weighted by Gasteiger charge is 2.28. The van der Waals surface area contributed by atoms with Gasteiger partial charge in [-0.1, -0.05) is 47.5 Å². The fraction of sp³-hybridized carbons (Fsp3) is 0.286. The molecule has 166 valence electrons. The Labute approximate surface area is 190 Å². The molecule has 0 aliphatic heterocycles. The number of nitrogens with zero attached hydrogens (tertiary/aromatic N) is 1. The van der Waals surface area contributed by atoms with Crippen LogP contribution < -0.4 is 14.9 Å². The van der Waals surface area contributed by atoms with Gasteiger partial charge >= 0.3 is 5.97 Å². The summed E-state index contributed by atoms with van der Waals surface area (Å²) in [6, 6.07) is 10.2. The number of carbonyl (C=O) groups excluding carboxylic acids is 2. The smallest absolute Gasteiger partial charge is 0.308 e. The van der Waals surface area contributed by atoms with E-state index in [1.165, 1.54) is 25.3 Å². The fourth-order valence-electron chi connectivity index (χ4n) is 2.55. The molecule has 8 nitrogen and oxygen atoms in total. The molecule has 2 aromatic rings. The molecule has 0 radical (unpaired) electrons. The van der Waals surface area contributed by atoms with E-state index in [-0.39, 0.29) is 16.6 Å². The van der Waals surface area contributed by atoms with Crippen molar-refractivity contribution < 1.29 is 22.7 Å². The third kappa shape index (κ3) is 7.27. The molecule has 0 aliphatic rings. The van der Waals surface area contributed by atoms with Crippen LogP contribution in [0, 0.1) is 12.8 Å². The van der Waals surface area contributed by atoms with Crippen molar-refractivity contribution in [2.45, 2.75) is 38.6 Å². The van der Waals surface area contributed by atoms with Gasteiger partial charge in [0.2, 0.25) is 10.0 Å². The highest BCUT2D eigenvalue weighted by atomic mass is 79.9. The van der Waals surface area contributed by atoms with Crippen LogP contribution in [0.15, 0.2) is 56.9 Å². The minimum Gasteiger partial charge on any atom is -0.426 e. The van der Waals surface area contributed by atoms with Crippen LogP contribution in [-0.4, -0.2) is 32.6 Å². The van der Waals surface area contributed by atoms with Gasteiger partial charge in [0, 0.05) is 17.0 Å². The van der Waals surface area contributed by atoms with E-state index >= 15 is 0 Å². The first-order valence-electron chi connectivity index (χ1n) is 9.39. The summed E-state index contributed by atoms with van der Waals surface area (Å²) in [7, 11) is -3.90. The minimum atomic E-state index is -3.90. The van der Waals surface area contributed by atoms with E-state index in [0.717, 1.165) is 10.0 Å². The van der Waals surface area contributed by atoms with Gasteiger partial charge in [-0.3, -0.25) is 9.59 Å². The molecule has 0 aromatic heterocycles. The van der Waals surface area contributed by atoms with Gasteiger partial charge in [-0.2, -0.15) is 9.82 Å². The van der Waals surface area contributed by atoms with Crippen molar-refractivity contribution in [3.05, 3.63) is 58.1 Å². The molecule has 0 heterocycles. The number of carbonyl (C=O) groups is 2. The Bertz CT molecular complexity index is 1080. The van der Waals surface area contributed by atoms with Crippen molar-refractivity contribution in [1.82, 2.24) is 10.1 Å². The zero-order chi connectivity index (χ0) is 23.2. The Balaban J connectivity index is 2.16. The van der Waals surface area contributed by atoms with Crippen LogP contribution in [0.4, 0.5) is 0 Å². The molecule has 0 fully saturated rings. The Morgan fingerprint density at radius 2 is 1.77 bits per heavy atom. The summed E-state index contributed by atoms with van der Waals surface area (Å²) < 4.78 is 33.6. The number of sulfonamides is 1. The number of esters is 1. The van der Waals surface area contributed by atoms with E-state index in [9.17, 15) is 18.0 Å². The van der Waals surface area contributed by atoms with Crippen molar-refractivity contribution in [2.24, 2.45) is 11.0 Å². The van der Waals surface area contributed by atoms with Gasteiger partial charge in [-0.25, -0.2) is 13.8 Å². The summed E-state index contributed by atoms with van der Waals surface area (Å²) in [5.41, 5.74) is 3.72. The van der Waals surface area contributed by atoms with Crippen LogP contribution in [0.3, 0.4) is 0 Å². The third-order valence-electron chi connectivity index (χ3n) is 4.17. The Morgan fingerprint density at radius 3 is 2.35 bits per heavy atom. The molecule has 1 amide bonds. The molecule has 2 rings (SSSR count). The van der Waals surface area contributed by atoms with Gasteiger partial charge in [0.1, 0.15) is 11.8 Å². The molecule has 0 aliphatic carbocycles. The summed E-state index contributed by atoms with van der Waals surface area (Å²) in [6.45, 7) is 6.57. The Morgan fingerprint density at radius 1 is 1.13 bits per heavy atom. The fourth-order valence-corrected chi connectivity index (χ4v) is 4.27. The standard InChI is InChI=1S/C21H24BrN3O5S/c1-13(2)20(25-31(28,29)18-8-5-14(3)6-9-18)21(27)24-23-12-16-11-17(22)7-10-19(16)30-15(4)26/h5-13,20,25H,1-4H3,(H,24,27)/b23-12-/t20-/m1/s1. The Kier molecular flexibility index (Phi) is 8.49. The van der Waals surface area contributed by atoms with Crippen molar-refractivity contribution in [3.63, 3.8) is 0 Å². The predicted octanol–water partition coefficient (Wildman–Crippen LogP) is 3.14. The molecule has 1 atom stereocenters. The lowest BCUT2D eigenvalue weighted by molar-refractivity contribution is -0.132. The molecular weight excluding hydrogens is 486 g/mol. The second kappa shape index (κ2) is 10.7. The maximum Gasteiger partial charge on any atom is 0.308 e. The number of hydrazone groups is 1. The first-order chi connectivity index (χ1) is 14.5. The highest BCUT2D eigenvalue weighted by Crippen LogP contribution is 2.22. The minimum absolute atomic E-state index is 0.0696. The summed E-state index contributed by atoms with van der Waals surface area (Å²) >= 11 is 3.32. The van der Waals surface area contributed by atoms with Gasteiger partial charge in [-0.05, 0) is 43.2 Å². The van der Waals surface area contributed by atoms with E-state index in [4.69, 9.17) is 4.74 Å². The van der Waals surface area contributed by atoms with Crippen molar-refractivity contribution in [3.8, 4) is 5.75 Å². The van der Waals surface area contributed by atoms with E-state index in [0.29, 0.717) is 5.56 Å². The molecule has 0 spiro atoms. The zero-order valence-electron chi connectivity index (χ0n) is 17.5. The van der Waals surface area contributed by atoms with Crippen LogP contribution in [-0.2, 0) is 19.6 Å². The van der Waals surface area contributed by atoms with Crippen LogP contribution >= 0.6 is 15.9 Å². The first-order valence-corrected chi connectivity index (χ1v) is 11.7. The average Bonchev–Trinajstić information content (AvgIpc) is 2.68.